The molecular weight excluding hydrogens is 384 g/mol. The van der Waals surface area contributed by atoms with E-state index >= 15 is 0 Å². The van der Waals surface area contributed by atoms with Crippen molar-refractivity contribution in [3.05, 3.63) is 58.6 Å². The lowest BCUT2D eigenvalue weighted by atomic mass is 9.99. The van der Waals surface area contributed by atoms with Crippen molar-refractivity contribution in [2.45, 2.75) is 31.6 Å². The van der Waals surface area contributed by atoms with Gasteiger partial charge in [-0.15, -0.1) is 0 Å². The van der Waals surface area contributed by atoms with E-state index in [1.54, 1.807) is 37.3 Å². The average Bonchev–Trinajstić information content (AvgIpc) is 2.65. The molecule has 1 atom stereocenters. The van der Waals surface area contributed by atoms with Gasteiger partial charge in [0, 0.05) is 13.1 Å². The number of nitrogens with zero attached hydrogens (tertiary/aromatic N) is 1. The van der Waals surface area contributed by atoms with Gasteiger partial charge in [-0.2, -0.15) is 4.31 Å². The number of halogens is 1. The summed E-state index contributed by atoms with van der Waals surface area (Å²) in [6.07, 6.45) is 1.29. The molecule has 0 bridgehead atoms. The highest BCUT2D eigenvalue weighted by Crippen LogP contribution is 2.28. The SMILES string of the molecule is Cc1ccc(C)c(S(=O)(=O)N2CCC[C@H](C(=O)Nc3ccccc3Cl)C2)c1. The number of piperidine rings is 1. The van der Waals surface area contributed by atoms with Crippen molar-refractivity contribution >= 4 is 33.2 Å². The van der Waals surface area contributed by atoms with Crippen LogP contribution in [0.3, 0.4) is 0 Å². The summed E-state index contributed by atoms with van der Waals surface area (Å²) in [4.78, 5) is 13.0. The molecule has 27 heavy (non-hydrogen) atoms. The predicted molar refractivity (Wildman–Crippen MR) is 107 cm³/mol. The smallest absolute Gasteiger partial charge is 0.243 e. The van der Waals surface area contributed by atoms with E-state index in [1.807, 2.05) is 19.1 Å². The van der Waals surface area contributed by atoms with Gasteiger partial charge < -0.3 is 5.32 Å². The second-order valence-electron chi connectivity index (χ2n) is 6.94. The van der Waals surface area contributed by atoms with Gasteiger partial charge in [0.05, 0.1) is 21.5 Å². The molecular formula is C20H23ClN2O3S. The number of anilines is 1. The number of aryl methyl sites for hydroxylation is 2. The third-order valence-corrected chi connectivity index (χ3v) is 7.18. The van der Waals surface area contributed by atoms with Gasteiger partial charge in [0.1, 0.15) is 0 Å². The number of hydrogen-bond acceptors (Lipinski definition) is 3. The van der Waals surface area contributed by atoms with Crippen LogP contribution in [0.25, 0.3) is 0 Å². The van der Waals surface area contributed by atoms with Crippen molar-refractivity contribution in [1.29, 1.82) is 0 Å². The Morgan fingerprint density at radius 2 is 1.93 bits per heavy atom. The van der Waals surface area contributed by atoms with Gasteiger partial charge in [0.2, 0.25) is 15.9 Å². The Morgan fingerprint density at radius 3 is 2.67 bits per heavy atom. The predicted octanol–water partition coefficient (Wildman–Crippen LogP) is 4.00. The van der Waals surface area contributed by atoms with Crippen LogP contribution >= 0.6 is 11.6 Å². The molecule has 0 radical (unpaired) electrons. The number of para-hydroxylation sites is 1. The van der Waals surface area contributed by atoms with Crippen LogP contribution in [0.4, 0.5) is 5.69 Å². The fraction of sp³-hybridized carbons (Fsp3) is 0.350. The molecule has 0 unspecified atom stereocenters. The molecule has 0 spiro atoms. The Morgan fingerprint density at radius 1 is 1.19 bits per heavy atom. The molecule has 1 N–H and O–H groups in total. The largest absolute Gasteiger partial charge is 0.324 e. The molecule has 144 valence electrons. The second-order valence-corrected chi connectivity index (χ2v) is 9.25. The van der Waals surface area contributed by atoms with Crippen LogP contribution in [-0.4, -0.2) is 31.7 Å². The lowest BCUT2D eigenvalue weighted by molar-refractivity contribution is -0.120. The number of sulfonamides is 1. The molecule has 3 rings (SSSR count). The second kappa shape index (κ2) is 8.00. The third-order valence-electron chi connectivity index (χ3n) is 4.85. The van der Waals surface area contributed by atoms with Gasteiger partial charge >= 0.3 is 0 Å². The monoisotopic (exact) mass is 406 g/mol. The Kier molecular flexibility index (Phi) is 5.89. The van der Waals surface area contributed by atoms with E-state index in [-0.39, 0.29) is 12.5 Å². The molecule has 1 fully saturated rings. The molecule has 0 aliphatic carbocycles. The van der Waals surface area contributed by atoms with Crippen LogP contribution in [0.5, 0.6) is 0 Å². The van der Waals surface area contributed by atoms with E-state index in [4.69, 9.17) is 11.6 Å². The lowest BCUT2D eigenvalue weighted by Gasteiger charge is -2.31. The summed E-state index contributed by atoms with van der Waals surface area (Å²) in [7, 11) is -3.64. The molecule has 1 amide bonds. The summed E-state index contributed by atoms with van der Waals surface area (Å²) < 4.78 is 27.7. The zero-order valence-corrected chi connectivity index (χ0v) is 17.0. The summed E-state index contributed by atoms with van der Waals surface area (Å²) in [6.45, 7) is 4.25. The molecule has 5 nitrogen and oxygen atoms in total. The Balaban J connectivity index is 1.78. The molecule has 1 saturated heterocycles. The molecule has 1 heterocycles. The highest BCUT2D eigenvalue weighted by molar-refractivity contribution is 7.89. The molecule has 0 saturated carbocycles. The summed E-state index contributed by atoms with van der Waals surface area (Å²) in [6, 6.07) is 12.4. The number of carbonyl (C=O) groups excluding carboxylic acids is 1. The summed E-state index contributed by atoms with van der Waals surface area (Å²) >= 11 is 6.10. The number of hydrogen-bond donors (Lipinski definition) is 1. The molecule has 2 aromatic rings. The van der Waals surface area contributed by atoms with Gasteiger partial charge in [0.15, 0.2) is 0 Å². The van der Waals surface area contributed by atoms with Crippen molar-refractivity contribution in [1.82, 2.24) is 4.31 Å². The standard InChI is InChI=1S/C20H23ClN2O3S/c1-14-9-10-15(2)19(12-14)27(25,26)23-11-5-6-16(13-23)20(24)22-18-8-4-3-7-17(18)21/h3-4,7-10,12,16H,5-6,11,13H2,1-2H3,(H,22,24)/t16-/m0/s1. The van der Waals surface area contributed by atoms with Crippen molar-refractivity contribution in [2.75, 3.05) is 18.4 Å². The van der Waals surface area contributed by atoms with Crippen LogP contribution in [-0.2, 0) is 14.8 Å². The topological polar surface area (TPSA) is 66.5 Å². The Hall–Kier alpha value is -1.89. The molecule has 2 aromatic carbocycles. The molecule has 1 aliphatic rings. The highest BCUT2D eigenvalue weighted by atomic mass is 35.5. The minimum atomic E-state index is -3.64. The minimum Gasteiger partial charge on any atom is -0.324 e. The lowest BCUT2D eigenvalue weighted by Crippen LogP contribution is -2.43. The van der Waals surface area contributed by atoms with Crippen LogP contribution in [0.15, 0.2) is 47.4 Å². The number of nitrogens with one attached hydrogen (secondary N) is 1. The number of benzene rings is 2. The Bertz CT molecular complexity index is 959. The van der Waals surface area contributed by atoms with E-state index in [0.29, 0.717) is 40.6 Å². The first-order chi connectivity index (χ1) is 12.8. The zero-order chi connectivity index (χ0) is 19.6. The number of amides is 1. The molecule has 7 heteroatoms. The first kappa shape index (κ1) is 19.9. The average molecular weight is 407 g/mol. The Labute approximate surface area is 165 Å². The van der Waals surface area contributed by atoms with Crippen molar-refractivity contribution in [3.63, 3.8) is 0 Å². The van der Waals surface area contributed by atoms with Gasteiger partial charge in [-0.1, -0.05) is 35.9 Å². The van der Waals surface area contributed by atoms with Crippen molar-refractivity contribution in [3.8, 4) is 0 Å². The fourth-order valence-corrected chi connectivity index (χ4v) is 5.31. The maximum absolute atomic E-state index is 13.1. The van der Waals surface area contributed by atoms with E-state index in [9.17, 15) is 13.2 Å². The molecule has 1 aliphatic heterocycles. The first-order valence-electron chi connectivity index (χ1n) is 8.92. The van der Waals surface area contributed by atoms with Gasteiger partial charge in [-0.05, 0) is 56.0 Å². The summed E-state index contributed by atoms with van der Waals surface area (Å²) in [5.41, 5.74) is 2.14. The van der Waals surface area contributed by atoms with E-state index < -0.39 is 15.9 Å². The van der Waals surface area contributed by atoms with E-state index in [0.717, 1.165) is 5.56 Å². The van der Waals surface area contributed by atoms with E-state index in [1.165, 1.54) is 4.31 Å². The third kappa shape index (κ3) is 4.34. The highest BCUT2D eigenvalue weighted by Gasteiger charge is 2.34. The zero-order valence-electron chi connectivity index (χ0n) is 15.4. The normalized spacial score (nSPS) is 18.3. The van der Waals surface area contributed by atoms with Crippen LogP contribution < -0.4 is 5.32 Å². The summed E-state index contributed by atoms with van der Waals surface area (Å²) in [5, 5.41) is 3.28. The summed E-state index contributed by atoms with van der Waals surface area (Å²) in [5.74, 6) is -0.612. The molecule has 0 aromatic heterocycles. The van der Waals surface area contributed by atoms with Crippen LogP contribution in [0, 0.1) is 19.8 Å². The van der Waals surface area contributed by atoms with E-state index in [2.05, 4.69) is 5.32 Å². The quantitative estimate of drug-likeness (QED) is 0.834. The van der Waals surface area contributed by atoms with Crippen molar-refractivity contribution < 1.29 is 13.2 Å². The first-order valence-corrected chi connectivity index (χ1v) is 10.7. The van der Waals surface area contributed by atoms with Crippen LogP contribution in [0.1, 0.15) is 24.0 Å². The number of carbonyl (C=O) groups is 1. The van der Waals surface area contributed by atoms with Gasteiger partial charge in [-0.3, -0.25) is 4.79 Å². The van der Waals surface area contributed by atoms with Gasteiger partial charge in [-0.25, -0.2) is 8.42 Å². The minimum absolute atomic E-state index is 0.173. The number of rotatable bonds is 4. The van der Waals surface area contributed by atoms with Crippen molar-refractivity contribution in [2.24, 2.45) is 5.92 Å². The maximum Gasteiger partial charge on any atom is 0.243 e. The maximum atomic E-state index is 13.1. The van der Waals surface area contributed by atoms with Crippen LogP contribution in [0.2, 0.25) is 5.02 Å². The van der Waals surface area contributed by atoms with Gasteiger partial charge in [0.25, 0.3) is 0 Å². The fourth-order valence-electron chi connectivity index (χ4n) is 3.30.